The van der Waals surface area contributed by atoms with Crippen molar-refractivity contribution in [3.05, 3.63) is 29.3 Å². The third kappa shape index (κ3) is 4.22. The van der Waals surface area contributed by atoms with Crippen LogP contribution in [-0.4, -0.2) is 62.3 Å². The van der Waals surface area contributed by atoms with E-state index in [0.29, 0.717) is 25.2 Å². The summed E-state index contributed by atoms with van der Waals surface area (Å²) in [5, 5.41) is 3.27. The number of carbonyl (C=O) groups is 1. The first-order valence-corrected chi connectivity index (χ1v) is 10.5. The fraction of sp³-hybridized carbons (Fsp3) is 0.611. The molecule has 0 bridgehead atoms. The van der Waals surface area contributed by atoms with E-state index < -0.39 is 10.0 Å². The van der Waals surface area contributed by atoms with Crippen LogP contribution in [0.25, 0.3) is 0 Å². The molecule has 6 nitrogen and oxygen atoms in total. The predicted octanol–water partition coefficient (Wildman–Crippen LogP) is 2.03. The third-order valence-corrected chi connectivity index (χ3v) is 7.05. The molecule has 1 unspecified atom stereocenters. The largest absolute Gasteiger partial charge is 0.333 e. The Bertz CT molecular complexity index is 748. The SMILES string of the molecule is Cc1ccc(S(=O)(=O)N2CCCCC2)cc1C(=O)N1CCNCC1C.Cl. The van der Waals surface area contributed by atoms with Crippen LogP contribution in [0, 0.1) is 6.92 Å². The summed E-state index contributed by atoms with van der Waals surface area (Å²) < 4.78 is 27.4. The number of hydrogen-bond donors (Lipinski definition) is 1. The number of aryl methyl sites for hydroxylation is 1. The van der Waals surface area contributed by atoms with Crippen LogP contribution in [0.1, 0.15) is 42.1 Å². The van der Waals surface area contributed by atoms with Gasteiger partial charge in [0.05, 0.1) is 4.90 Å². The number of hydrogen-bond acceptors (Lipinski definition) is 4. The van der Waals surface area contributed by atoms with Crippen molar-refractivity contribution in [2.45, 2.75) is 44.0 Å². The van der Waals surface area contributed by atoms with Gasteiger partial charge < -0.3 is 10.2 Å². The maximum absolute atomic E-state index is 13.0. The number of benzene rings is 1. The normalized spacial score (nSPS) is 21.9. The van der Waals surface area contributed by atoms with Gasteiger partial charge in [-0.25, -0.2) is 8.42 Å². The summed E-state index contributed by atoms with van der Waals surface area (Å²) in [6.07, 6.45) is 2.87. The second-order valence-electron chi connectivity index (χ2n) is 6.99. The number of sulfonamides is 1. The fourth-order valence-corrected chi connectivity index (χ4v) is 5.09. The minimum absolute atomic E-state index is 0. The van der Waals surface area contributed by atoms with Gasteiger partial charge in [-0.3, -0.25) is 4.79 Å². The molecule has 0 aliphatic carbocycles. The number of nitrogens with zero attached hydrogens (tertiary/aromatic N) is 2. The molecular weight excluding hydrogens is 374 g/mol. The van der Waals surface area contributed by atoms with Crippen molar-refractivity contribution in [3.8, 4) is 0 Å². The lowest BCUT2D eigenvalue weighted by Crippen LogP contribution is -2.52. The standard InChI is InChI=1S/C18H27N3O3S.ClH/c1-14-6-7-16(25(23,24)20-9-4-3-5-10-20)12-17(14)18(22)21-11-8-19-13-15(21)2;/h6-7,12,15,19H,3-5,8-11,13H2,1-2H3;1H. The summed E-state index contributed by atoms with van der Waals surface area (Å²) in [5.41, 5.74) is 1.31. The quantitative estimate of drug-likeness (QED) is 0.841. The highest BCUT2D eigenvalue weighted by molar-refractivity contribution is 7.89. The minimum Gasteiger partial charge on any atom is -0.333 e. The summed E-state index contributed by atoms with van der Waals surface area (Å²) in [6, 6.07) is 5.04. The Labute approximate surface area is 162 Å². The van der Waals surface area contributed by atoms with Gasteiger partial charge >= 0.3 is 0 Å². The van der Waals surface area contributed by atoms with Crippen molar-refractivity contribution in [3.63, 3.8) is 0 Å². The molecule has 2 heterocycles. The van der Waals surface area contributed by atoms with E-state index in [2.05, 4.69) is 5.32 Å². The van der Waals surface area contributed by atoms with E-state index in [0.717, 1.165) is 37.9 Å². The van der Waals surface area contributed by atoms with Gasteiger partial charge in [0.15, 0.2) is 0 Å². The molecule has 146 valence electrons. The van der Waals surface area contributed by atoms with E-state index in [1.54, 1.807) is 22.5 Å². The Morgan fingerprint density at radius 2 is 1.85 bits per heavy atom. The monoisotopic (exact) mass is 401 g/mol. The number of halogens is 1. The van der Waals surface area contributed by atoms with Gasteiger partial charge in [-0.1, -0.05) is 12.5 Å². The van der Waals surface area contributed by atoms with Crippen molar-refractivity contribution in [1.82, 2.24) is 14.5 Å². The summed E-state index contributed by atoms with van der Waals surface area (Å²) in [4.78, 5) is 15.0. The number of rotatable bonds is 3. The van der Waals surface area contributed by atoms with Crippen LogP contribution >= 0.6 is 12.4 Å². The molecule has 26 heavy (non-hydrogen) atoms. The maximum Gasteiger partial charge on any atom is 0.254 e. The van der Waals surface area contributed by atoms with Crippen LogP contribution < -0.4 is 5.32 Å². The average Bonchev–Trinajstić information content (AvgIpc) is 2.62. The molecule has 1 aromatic rings. The van der Waals surface area contributed by atoms with E-state index in [4.69, 9.17) is 0 Å². The molecule has 0 spiro atoms. The van der Waals surface area contributed by atoms with E-state index >= 15 is 0 Å². The molecule has 8 heteroatoms. The topological polar surface area (TPSA) is 69.7 Å². The van der Waals surface area contributed by atoms with E-state index in [1.807, 2.05) is 18.7 Å². The van der Waals surface area contributed by atoms with E-state index in [9.17, 15) is 13.2 Å². The number of nitrogens with one attached hydrogen (secondary N) is 1. The van der Waals surface area contributed by atoms with Gasteiger partial charge in [-0.15, -0.1) is 12.4 Å². The second-order valence-corrected chi connectivity index (χ2v) is 8.93. The first-order chi connectivity index (χ1) is 11.9. The lowest BCUT2D eigenvalue weighted by atomic mass is 10.1. The summed E-state index contributed by atoms with van der Waals surface area (Å²) in [5.74, 6) is -0.0813. The molecule has 1 aromatic carbocycles. The lowest BCUT2D eigenvalue weighted by molar-refractivity contribution is 0.0654. The molecule has 1 N–H and O–H groups in total. The summed E-state index contributed by atoms with van der Waals surface area (Å²) >= 11 is 0. The molecular formula is C18H28ClN3O3S. The van der Waals surface area contributed by atoms with Crippen molar-refractivity contribution in [1.29, 1.82) is 0 Å². The smallest absolute Gasteiger partial charge is 0.254 e. The van der Waals surface area contributed by atoms with Crippen LogP contribution in [0.3, 0.4) is 0 Å². The molecule has 0 saturated carbocycles. The van der Waals surface area contributed by atoms with Crippen LogP contribution in [-0.2, 0) is 10.0 Å². The summed E-state index contributed by atoms with van der Waals surface area (Å²) in [7, 11) is -3.53. The average molecular weight is 402 g/mol. The van der Waals surface area contributed by atoms with E-state index in [1.165, 1.54) is 0 Å². The molecule has 3 rings (SSSR count). The van der Waals surface area contributed by atoms with E-state index in [-0.39, 0.29) is 29.3 Å². The lowest BCUT2D eigenvalue weighted by Gasteiger charge is -2.34. The van der Waals surface area contributed by atoms with Gasteiger partial charge in [0.1, 0.15) is 0 Å². The first-order valence-electron chi connectivity index (χ1n) is 9.04. The maximum atomic E-state index is 13.0. The van der Waals surface area contributed by atoms with Crippen molar-refractivity contribution in [2.75, 3.05) is 32.7 Å². The molecule has 1 amide bonds. The highest BCUT2D eigenvalue weighted by Gasteiger charge is 2.29. The van der Waals surface area contributed by atoms with Crippen molar-refractivity contribution < 1.29 is 13.2 Å². The van der Waals surface area contributed by atoms with Crippen LogP contribution in [0.5, 0.6) is 0 Å². The fourth-order valence-electron chi connectivity index (χ4n) is 3.54. The van der Waals surface area contributed by atoms with Crippen molar-refractivity contribution >= 4 is 28.3 Å². The Balaban J connectivity index is 0.00000243. The summed E-state index contributed by atoms with van der Waals surface area (Å²) in [6.45, 7) is 7.16. The molecule has 2 aliphatic heterocycles. The van der Waals surface area contributed by atoms with Crippen LogP contribution in [0.15, 0.2) is 23.1 Å². The minimum atomic E-state index is -3.53. The zero-order valence-corrected chi connectivity index (χ0v) is 17.0. The third-order valence-electron chi connectivity index (χ3n) is 5.15. The molecule has 0 aromatic heterocycles. The van der Waals surface area contributed by atoms with Gasteiger partial charge in [0, 0.05) is 44.3 Å². The first kappa shape index (κ1) is 21.2. The molecule has 2 fully saturated rings. The van der Waals surface area contributed by atoms with Gasteiger partial charge in [0.2, 0.25) is 10.0 Å². The molecule has 0 radical (unpaired) electrons. The highest BCUT2D eigenvalue weighted by atomic mass is 35.5. The van der Waals surface area contributed by atoms with Gasteiger partial charge in [-0.05, 0) is 44.4 Å². The molecule has 2 aliphatic rings. The number of amides is 1. The Hall–Kier alpha value is -1.15. The zero-order valence-electron chi connectivity index (χ0n) is 15.4. The van der Waals surface area contributed by atoms with Gasteiger partial charge in [-0.2, -0.15) is 4.31 Å². The van der Waals surface area contributed by atoms with Crippen molar-refractivity contribution in [2.24, 2.45) is 0 Å². The van der Waals surface area contributed by atoms with Crippen LogP contribution in [0.2, 0.25) is 0 Å². The van der Waals surface area contributed by atoms with Crippen LogP contribution in [0.4, 0.5) is 0 Å². The zero-order chi connectivity index (χ0) is 18.0. The molecule has 2 saturated heterocycles. The Morgan fingerprint density at radius 1 is 1.15 bits per heavy atom. The number of piperazine rings is 1. The number of carbonyl (C=O) groups excluding carboxylic acids is 1. The molecule has 1 atom stereocenters. The second kappa shape index (κ2) is 8.69. The Morgan fingerprint density at radius 3 is 2.50 bits per heavy atom. The number of piperidine rings is 1. The predicted molar refractivity (Wildman–Crippen MR) is 104 cm³/mol. The van der Waals surface area contributed by atoms with Gasteiger partial charge in [0.25, 0.3) is 5.91 Å². The Kier molecular flexibility index (Phi) is 7.07. The highest BCUT2D eigenvalue weighted by Crippen LogP contribution is 2.24.